The lowest BCUT2D eigenvalue weighted by molar-refractivity contribution is -0.117. The summed E-state index contributed by atoms with van der Waals surface area (Å²) in [6, 6.07) is 13.6. The van der Waals surface area contributed by atoms with Gasteiger partial charge in [-0.25, -0.2) is 4.79 Å². The Morgan fingerprint density at radius 2 is 1.81 bits per heavy atom. The van der Waals surface area contributed by atoms with Crippen molar-refractivity contribution in [1.29, 1.82) is 0 Å². The van der Waals surface area contributed by atoms with Gasteiger partial charge in [-0.15, -0.1) is 0 Å². The third-order valence-electron chi connectivity index (χ3n) is 4.84. The molecule has 3 rings (SSSR count). The van der Waals surface area contributed by atoms with Gasteiger partial charge in [-0.3, -0.25) is 4.79 Å². The number of hydrogen-bond acceptors (Lipinski definition) is 2. The van der Waals surface area contributed by atoms with Gasteiger partial charge in [0.2, 0.25) is 5.91 Å². The van der Waals surface area contributed by atoms with Crippen molar-refractivity contribution in [3.63, 3.8) is 0 Å². The quantitative estimate of drug-likeness (QED) is 0.888. The van der Waals surface area contributed by atoms with E-state index >= 15 is 0 Å². The van der Waals surface area contributed by atoms with Gasteiger partial charge in [-0.2, -0.15) is 0 Å². The SMILES string of the molecule is Cc1ccc(CNC(=O)NC2CC(=O)N(c3ccc(C)c(C)c3)C2)cc1. The van der Waals surface area contributed by atoms with Crippen LogP contribution in [0, 0.1) is 20.8 Å². The molecule has 0 saturated carbocycles. The standard InChI is InChI=1S/C21H25N3O2/c1-14-4-7-17(8-5-14)12-22-21(26)23-18-11-20(25)24(13-18)19-9-6-15(2)16(3)10-19/h4-10,18H,11-13H2,1-3H3,(H2,22,23,26). The average molecular weight is 351 g/mol. The van der Waals surface area contributed by atoms with Crippen molar-refractivity contribution in [1.82, 2.24) is 10.6 Å². The smallest absolute Gasteiger partial charge is 0.315 e. The van der Waals surface area contributed by atoms with Crippen LogP contribution in [-0.4, -0.2) is 24.5 Å². The van der Waals surface area contributed by atoms with Crippen molar-refractivity contribution in [3.8, 4) is 0 Å². The van der Waals surface area contributed by atoms with E-state index in [0.29, 0.717) is 19.5 Å². The minimum absolute atomic E-state index is 0.0390. The zero-order chi connectivity index (χ0) is 18.7. The average Bonchev–Trinajstić information content (AvgIpc) is 2.97. The summed E-state index contributed by atoms with van der Waals surface area (Å²) < 4.78 is 0. The summed E-state index contributed by atoms with van der Waals surface area (Å²) in [5.74, 6) is 0.0390. The van der Waals surface area contributed by atoms with Gasteiger partial charge in [0.05, 0.1) is 6.04 Å². The van der Waals surface area contributed by atoms with E-state index in [1.807, 2.05) is 63.2 Å². The molecule has 5 heteroatoms. The van der Waals surface area contributed by atoms with Gasteiger partial charge in [0.1, 0.15) is 0 Å². The third-order valence-corrected chi connectivity index (χ3v) is 4.84. The molecule has 1 aliphatic heterocycles. The summed E-state index contributed by atoms with van der Waals surface area (Å²) in [5, 5.41) is 5.76. The number of benzene rings is 2. The second kappa shape index (κ2) is 7.60. The second-order valence-corrected chi connectivity index (χ2v) is 6.99. The molecule has 2 N–H and O–H groups in total. The number of anilines is 1. The van der Waals surface area contributed by atoms with Crippen LogP contribution < -0.4 is 15.5 Å². The molecule has 0 radical (unpaired) electrons. The summed E-state index contributed by atoms with van der Waals surface area (Å²) in [5.41, 5.74) is 5.48. The Hall–Kier alpha value is -2.82. The Morgan fingerprint density at radius 3 is 2.50 bits per heavy atom. The van der Waals surface area contributed by atoms with Gasteiger partial charge in [0, 0.05) is 25.2 Å². The maximum absolute atomic E-state index is 12.3. The Balaban J connectivity index is 1.54. The first-order valence-electron chi connectivity index (χ1n) is 8.90. The van der Waals surface area contributed by atoms with E-state index in [1.54, 1.807) is 4.90 Å². The van der Waals surface area contributed by atoms with Crippen molar-refractivity contribution < 1.29 is 9.59 Å². The van der Waals surface area contributed by atoms with Crippen molar-refractivity contribution >= 4 is 17.6 Å². The topological polar surface area (TPSA) is 61.4 Å². The monoisotopic (exact) mass is 351 g/mol. The Labute approximate surface area is 154 Å². The molecule has 2 aromatic rings. The number of hydrogen-bond donors (Lipinski definition) is 2. The normalized spacial score (nSPS) is 16.7. The zero-order valence-electron chi connectivity index (χ0n) is 15.5. The lowest BCUT2D eigenvalue weighted by Crippen LogP contribution is -2.43. The van der Waals surface area contributed by atoms with E-state index in [9.17, 15) is 9.59 Å². The van der Waals surface area contributed by atoms with Gasteiger partial charge in [-0.05, 0) is 49.6 Å². The largest absolute Gasteiger partial charge is 0.334 e. The lowest BCUT2D eigenvalue weighted by atomic mass is 10.1. The van der Waals surface area contributed by atoms with E-state index in [0.717, 1.165) is 16.8 Å². The molecule has 26 heavy (non-hydrogen) atoms. The third kappa shape index (κ3) is 4.23. The van der Waals surface area contributed by atoms with E-state index in [-0.39, 0.29) is 18.0 Å². The summed E-state index contributed by atoms with van der Waals surface area (Å²) >= 11 is 0. The van der Waals surface area contributed by atoms with Crippen LogP contribution in [0.2, 0.25) is 0 Å². The van der Waals surface area contributed by atoms with Crippen molar-refractivity contribution in [3.05, 3.63) is 64.7 Å². The zero-order valence-corrected chi connectivity index (χ0v) is 15.5. The summed E-state index contributed by atoms with van der Waals surface area (Å²) in [6.45, 7) is 7.08. The van der Waals surface area contributed by atoms with Crippen LogP contribution in [0.25, 0.3) is 0 Å². The van der Waals surface area contributed by atoms with Crippen molar-refractivity contribution in [2.75, 3.05) is 11.4 Å². The molecular weight excluding hydrogens is 326 g/mol. The molecule has 136 valence electrons. The lowest BCUT2D eigenvalue weighted by Gasteiger charge is -2.18. The van der Waals surface area contributed by atoms with E-state index in [2.05, 4.69) is 10.6 Å². The highest BCUT2D eigenvalue weighted by Crippen LogP contribution is 2.24. The molecular formula is C21H25N3O2. The molecule has 1 saturated heterocycles. The molecule has 0 bridgehead atoms. The molecule has 1 heterocycles. The van der Waals surface area contributed by atoms with Gasteiger partial charge < -0.3 is 15.5 Å². The van der Waals surface area contributed by atoms with Gasteiger partial charge in [0.15, 0.2) is 0 Å². The van der Waals surface area contributed by atoms with Gasteiger partial charge in [0.25, 0.3) is 0 Å². The summed E-state index contributed by atoms with van der Waals surface area (Å²) in [7, 11) is 0. The number of carbonyl (C=O) groups excluding carboxylic acids is 2. The Kier molecular flexibility index (Phi) is 5.26. The Morgan fingerprint density at radius 1 is 1.08 bits per heavy atom. The highest BCUT2D eigenvalue weighted by molar-refractivity contribution is 5.96. The fraction of sp³-hybridized carbons (Fsp3) is 0.333. The molecule has 3 amide bonds. The maximum atomic E-state index is 12.3. The number of aryl methyl sites for hydroxylation is 3. The predicted octanol–water partition coefficient (Wildman–Crippen LogP) is 3.22. The molecule has 2 aromatic carbocycles. The highest BCUT2D eigenvalue weighted by Gasteiger charge is 2.31. The van der Waals surface area contributed by atoms with Crippen LogP contribution >= 0.6 is 0 Å². The van der Waals surface area contributed by atoms with Crippen molar-refractivity contribution in [2.24, 2.45) is 0 Å². The van der Waals surface area contributed by atoms with Crippen LogP contribution in [0.5, 0.6) is 0 Å². The Bertz CT molecular complexity index is 815. The molecule has 1 atom stereocenters. The van der Waals surface area contributed by atoms with Crippen LogP contribution in [0.3, 0.4) is 0 Å². The van der Waals surface area contributed by atoms with Crippen LogP contribution in [0.1, 0.15) is 28.7 Å². The van der Waals surface area contributed by atoms with Gasteiger partial charge >= 0.3 is 6.03 Å². The molecule has 0 aliphatic carbocycles. The summed E-state index contributed by atoms with van der Waals surface area (Å²) in [4.78, 5) is 26.2. The molecule has 1 fully saturated rings. The molecule has 1 unspecified atom stereocenters. The van der Waals surface area contributed by atoms with Crippen LogP contribution in [0.15, 0.2) is 42.5 Å². The molecule has 0 spiro atoms. The van der Waals surface area contributed by atoms with E-state index in [1.165, 1.54) is 11.1 Å². The number of amides is 3. The minimum atomic E-state index is -0.245. The number of nitrogens with one attached hydrogen (secondary N) is 2. The molecule has 5 nitrogen and oxygen atoms in total. The van der Waals surface area contributed by atoms with E-state index < -0.39 is 0 Å². The number of rotatable bonds is 4. The fourth-order valence-electron chi connectivity index (χ4n) is 3.07. The maximum Gasteiger partial charge on any atom is 0.315 e. The van der Waals surface area contributed by atoms with Crippen molar-refractivity contribution in [2.45, 2.75) is 39.8 Å². The van der Waals surface area contributed by atoms with Crippen LogP contribution in [0.4, 0.5) is 10.5 Å². The first-order valence-corrected chi connectivity index (χ1v) is 8.90. The molecule has 0 aromatic heterocycles. The number of carbonyl (C=O) groups is 2. The highest BCUT2D eigenvalue weighted by atomic mass is 16.2. The summed E-state index contributed by atoms with van der Waals surface area (Å²) in [6.07, 6.45) is 0.324. The first-order chi connectivity index (χ1) is 12.4. The number of urea groups is 1. The fourth-order valence-corrected chi connectivity index (χ4v) is 3.07. The van der Waals surface area contributed by atoms with Gasteiger partial charge in [-0.1, -0.05) is 35.9 Å². The molecule has 1 aliphatic rings. The predicted molar refractivity (Wildman–Crippen MR) is 103 cm³/mol. The first kappa shape index (κ1) is 18.0. The minimum Gasteiger partial charge on any atom is -0.334 e. The van der Waals surface area contributed by atoms with Crippen LogP contribution in [-0.2, 0) is 11.3 Å². The second-order valence-electron chi connectivity index (χ2n) is 6.99. The number of nitrogens with zero attached hydrogens (tertiary/aromatic N) is 1. The van der Waals surface area contributed by atoms with E-state index in [4.69, 9.17) is 0 Å².